The average molecular weight is 404 g/mol. The Bertz CT molecular complexity index is 986. The lowest BCUT2D eigenvalue weighted by Crippen LogP contribution is -2.25. The summed E-state index contributed by atoms with van der Waals surface area (Å²) >= 11 is 3.29. The number of hydrogen-bond acceptors (Lipinski definition) is 4. The normalized spacial score (nSPS) is 10.5. The van der Waals surface area contributed by atoms with E-state index in [9.17, 15) is 19.1 Å². The smallest absolute Gasteiger partial charge is 0.279 e. The van der Waals surface area contributed by atoms with E-state index in [1.807, 2.05) is 0 Å². The van der Waals surface area contributed by atoms with Gasteiger partial charge in [0.2, 0.25) is 0 Å². The maximum absolute atomic E-state index is 12.9. The molecule has 0 spiro atoms. The first kappa shape index (κ1) is 16.8. The molecule has 0 bridgehead atoms. The molecule has 8 heteroatoms. The second-order valence-corrected chi connectivity index (χ2v) is 5.98. The minimum Gasteiger partial charge on any atom is -0.505 e. The molecular formula is C17H11BrFN3O3. The van der Waals surface area contributed by atoms with Gasteiger partial charge in [-0.25, -0.2) is 4.39 Å². The lowest BCUT2D eigenvalue weighted by atomic mass is 10.2. The topological polar surface area (TPSA) is 84.2 Å². The predicted molar refractivity (Wildman–Crippen MR) is 93.6 cm³/mol. The number of amides is 1. The minimum absolute atomic E-state index is 0.327. The van der Waals surface area contributed by atoms with Crippen LogP contribution in [0.4, 0.5) is 10.1 Å². The third-order valence-electron chi connectivity index (χ3n) is 3.30. The first-order chi connectivity index (χ1) is 11.9. The van der Waals surface area contributed by atoms with E-state index in [1.165, 1.54) is 24.3 Å². The fraction of sp³-hybridized carbons (Fsp3) is 0. The third-order valence-corrected chi connectivity index (χ3v) is 3.83. The summed E-state index contributed by atoms with van der Waals surface area (Å²) in [5, 5.41) is 16.3. The summed E-state index contributed by atoms with van der Waals surface area (Å²) in [6.45, 7) is 0. The lowest BCUT2D eigenvalue weighted by molar-refractivity contribution is 0.101. The van der Waals surface area contributed by atoms with Crippen molar-refractivity contribution in [2.75, 3.05) is 5.32 Å². The highest BCUT2D eigenvalue weighted by Gasteiger charge is 2.17. The first-order valence-electron chi connectivity index (χ1n) is 7.10. The predicted octanol–water partition coefficient (Wildman–Crippen LogP) is 3.09. The van der Waals surface area contributed by atoms with E-state index in [2.05, 4.69) is 26.3 Å². The summed E-state index contributed by atoms with van der Waals surface area (Å²) in [5.74, 6) is -1.71. The largest absolute Gasteiger partial charge is 0.505 e. The molecular weight excluding hydrogens is 393 g/mol. The molecule has 3 aromatic rings. The number of anilines is 1. The van der Waals surface area contributed by atoms with E-state index in [0.717, 1.165) is 15.2 Å². The van der Waals surface area contributed by atoms with Crippen LogP contribution in [0.5, 0.6) is 5.75 Å². The van der Waals surface area contributed by atoms with Crippen LogP contribution in [0.3, 0.4) is 0 Å². The molecule has 2 N–H and O–H groups in total. The summed E-state index contributed by atoms with van der Waals surface area (Å²) in [6, 6.07) is 12.7. The van der Waals surface area contributed by atoms with Gasteiger partial charge in [0, 0.05) is 16.2 Å². The highest BCUT2D eigenvalue weighted by molar-refractivity contribution is 9.10. The van der Waals surface area contributed by atoms with E-state index in [-0.39, 0.29) is 5.69 Å². The van der Waals surface area contributed by atoms with Gasteiger partial charge in [-0.05, 0) is 48.5 Å². The number of halogens is 2. The van der Waals surface area contributed by atoms with Crippen molar-refractivity contribution < 1.29 is 14.3 Å². The molecule has 3 rings (SSSR count). The second-order valence-electron chi connectivity index (χ2n) is 5.07. The van der Waals surface area contributed by atoms with Gasteiger partial charge in [0.15, 0.2) is 11.4 Å². The number of aromatic nitrogens is 2. The number of nitrogens with one attached hydrogen (secondary N) is 1. The Morgan fingerprint density at radius 1 is 1.12 bits per heavy atom. The molecule has 1 amide bonds. The molecule has 1 heterocycles. The van der Waals surface area contributed by atoms with Crippen LogP contribution in [0.25, 0.3) is 5.69 Å². The number of aromatic hydroxyl groups is 1. The van der Waals surface area contributed by atoms with Crippen molar-refractivity contribution in [1.82, 2.24) is 9.78 Å². The molecule has 25 heavy (non-hydrogen) atoms. The van der Waals surface area contributed by atoms with Gasteiger partial charge in [0.25, 0.3) is 11.5 Å². The van der Waals surface area contributed by atoms with Crippen molar-refractivity contribution in [2.45, 2.75) is 0 Å². The maximum Gasteiger partial charge on any atom is 0.279 e. The van der Waals surface area contributed by atoms with E-state index in [0.29, 0.717) is 11.4 Å². The Kier molecular flexibility index (Phi) is 4.62. The van der Waals surface area contributed by atoms with Gasteiger partial charge in [0.05, 0.1) is 5.69 Å². The molecule has 6 nitrogen and oxygen atoms in total. The highest BCUT2D eigenvalue weighted by atomic mass is 79.9. The Labute approximate surface area is 149 Å². The van der Waals surface area contributed by atoms with Crippen LogP contribution in [-0.2, 0) is 0 Å². The summed E-state index contributed by atoms with van der Waals surface area (Å²) in [7, 11) is 0. The zero-order chi connectivity index (χ0) is 18.0. The molecule has 126 valence electrons. The zero-order valence-corrected chi connectivity index (χ0v) is 14.2. The maximum atomic E-state index is 12.9. The Morgan fingerprint density at radius 3 is 2.40 bits per heavy atom. The summed E-state index contributed by atoms with van der Waals surface area (Å²) < 4.78 is 14.7. The molecule has 0 fully saturated rings. The number of carbonyl (C=O) groups is 1. The van der Waals surface area contributed by atoms with Crippen molar-refractivity contribution in [3.63, 3.8) is 0 Å². The van der Waals surface area contributed by atoms with Crippen molar-refractivity contribution in [3.8, 4) is 11.4 Å². The monoisotopic (exact) mass is 403 g/mol. The number of rotatable bonds is 3. The van der Waals surface area contributed by atoms with Crippen LogP contribution < -0.4 is 10.9 Å². The number of carbonyl (C=O) groups excluding carboxylic acids is 1. The molecule has 0 saturated carbocycles. The van der Waals surface area contributed by atoms with E-state index in [4.69, 9.17) is 0 Å². The zero-order valence-electron chi connectivity index (χ0n) is 12.6. The SMILES string of the molecule is O=C(Nc1ccc(F)cc1)c1nn(-c2ccc(Br)cc2)c(=O)cc1O. The van der Waals surface area contributed by atoms with E-state index < -0.39 is 23.0 Å². The van der Waals surface area contributed by atoms with Gasteiger partial charge in [-0.1, -0.05) is 15.9 Å². The standard InChI is InChI=1S/C17H11BrFN3O3/c18-10-1-7-13(8-2-10)22-15(24)9-14(23)16(21-22)17(25)20-12-5-3-11(19)4-6-12/h1-9,23H,(H,20,25). The van der Waals surface area contributed by atoms with Crippen LogP contribution in [-0.4, -0.2) is 20.8 Å². The van der Waals surface area contributed by atoms with Crippen LogP contribution in [0.15, 0.2) is 63.9 Å². The van der Waals surface area contributed by atoms with Gasteiger partial charge in [-0.3, -0.25) is 9.59 Å². The molecule has 0 aliphatic rings. The Morgan fingerprint density at radius 2 is 1.76 bits per heavy atom. The highest BCUT2D eigenvalue weighted by Crippen LogP contribution is 2.17. The third kappa shape index (κ3) is 3.74. The molecule has 0 atom stereocenters. The van der Waals surface area contributed by atoms with Crippen molar-refractivity contribution in [3.05, 3.63) is 80.9 Å². The number of nitrogens with zero attached hydrogens (tertiary/aromatic N) is 2. The number of benzene rings is 2. The quantitative estimate of drug-likeness (QED) is 0.703. The van der Waals surface area contributed by atoms with E-state index in [1.54, 1.807) is 24.3 Å². The molecule has 0 aliphatic carbocycles. The van der Waals surface area contributed by atoms with Crippen LogP contribution in [0.1, 0.15) is 10.5 Å². The second kappa shape index (κ2) is 6.86. The fourth-order valence-electron chi connectivity index (χ4n) is 2.10. The van der Waals surface area contributed by atoms with Gasteiger partial charge >= 0.3 is 0 Å². The summed E-state index contributed by atoms with van der Waals surface area (Å²) in [5.41, 5.74) is -0.150. The van der Waals surface area contributed by atoms with Gasteiger partial charge in [-0.2, -0.15) is 9.78 Å². The minimum atomic E-state index is -0.727. The lowest BCUT2D eigenvalue weighted by Gasteiger charge is -2.09. The first-order valence-corrected chi connectivity index (χ1v) is 7.89. The fourth-order valence-corrected chi connectivity index (χ4v) is 2.36. The van der Waals surface area contributed by atoms with Crippen LogP contribution in [0.2, 0.25) is 0 Å². The van der Waals surface area contributed by atoms with Crippen molar-refractivity contribution in [2.24, 2.45) is 0 Å². The molecule has 0 unspecified atom stereocenters. The Balaban J connectivity index is 1.97. The Hall–Kier alpha value is -3.00. The van der Waals surface area contributed by atoms with Gasteiger partial charge < -0.3 is 10.4 Å². The van der Waals surface area contributed by atoms with Crippen molar-refractivity contribution >= 4 is 27.5 Å². The van der Waals surface area contributed by atoms with Crippen molar-refractivity contribution in [1.29, 1.82) is 0 Å². The average Bonchev–Trinajstić information content (AvgIpc) is 2.58. The molecule has 2 aromatic carbocycles. The molecule has 1 aromatic heterocycles. The molecule has 0 aliphatic heterocycles. The van der Waals surface area contributed by atoms with Crippen LogP contribution in [0, 0.1) is 5.82 Å². The number of hydrogen-bond donors (Lipinski definition) is 2. The summed E-state index contributed by atoms with van der Waals surface area (Å²) in [4.78, 5) is 24.4. The van der Waals surface area contributed by atoms with Crippen LogP contribution >= 0.6 is 15.9 Å². The van der Waals surface area contributed by atoms with Gasteiger partial charge in [-0.15, -0.1) is 0 Å². The van der Waals surface area contributed by atoms with E-state index >= 15 is 0 Å². The van der Waals surface area contributed by atoms with Gasteiger partial charge in [0.1, 0.15) is 5.82 Å². The molecule has 0 saturated heterocycles. The molecule has 0 radical (unpaired) electrons. The summed E-state index contributed by atoms with van der Waals surface area (Å²) in [6.07, 6.45) is 0.